The van der Waals surface area contributed by atoms with E-state index >= 15 is 4.39 Å². The number of methoxy groups -OCH3 is 1. The number of hydrogen-bond acceptors (Lipinski definition) is 7. The molecule has 0 radical (unpaired) electrons. The van der Waals surface area contributed by atoms with Crippen molar-refractivity contribution in [2.45, 2.75) is 48.8 Å². The minimum Gasteiger partial charge on any atom is -0.490 e. The summed E-state index contributed by atoms with van der Waals surface area (Å²) in [6.07, 6.45) is -9.41. The zero-order chi connectivity index (χ0) is 31.3. The summed E-state index contributed by atoms with van der Waals surface area (Å²) in [6, 6.07) is 6.62. The molecule has 42 heavy (non-hydrogen) atoms. The van der Waals surface area contributed by atoms with E-state index in [2.05, 4.69) is 15.5 Å². The van der Waals surface area contributed by atoms with E-state index in [9.17, 15) is 39.6 Å². The molecule has 1 amide bonds. The third-order valence-corrected chi connectivity index (χ3v) is 8.05. The number of benzene rings is 2. The highest BCUT2D eigenvalue weighted by molar-refractivity contribution is 7.90. The largest absolute Gasteiger partial charge is 0.490 e. The molecule has 0 spiro atoms. The average molecular weight is 622 g/mol. The summed E-state index contributed by atoms with van der Waals surface area (Å²) >= 11 is 0. The SMILES string of the molecule is COc1c(Oc2nnc(C(F)(F)F)c(C)c2C(=O)Nc2cccc(S(C)(=O)=O)c2)ccc(C2(C(F)(F)F)CCC2)c1F. The van der Waals surface area contributed by atoms with Crippen molar-refractivity contribution < 1.29 is 53.4 Å². The minimum atomic E-state index is -5.05. The standard InChI is InChI=1S/C26H22F7N3O5S/c1-13-18(22(37)34-14-6-4-7-15(12-14)42(3,38)39)23(36-35-21(13)25(28,29)30)41-17-9-8-16(19(27)20(17)40-2)24(10-5-11-24)26(31,32)33/h4,6-9,12H,5,10-11H2,1-3H3,(H,34,37). The van der Waals surface area contributed by atoms with E-state index in [1.807, 2.05) is 0 Å². The number of carbonyl (C=O) groups excluding carboxylic acids is 1. The molecule has 0 aliphatic heterocycles. The Morgan fingerprint density at radius 1 is 1.05 bits per heavy atom. The Morgan fingerprint density at radius 2 is 1.71 bits per heavy atom. The molecule has 226 valence electrons. The molecule has 0 unspecified atom stereocenters. The van der Waals surface area contributed by atoms with Crippen molar-refractivity contribution in [3.63, 3.8) is 0 Å². The van der Waals surface area contributed by atoms with Gasteiger partial charge in [-0.25, -0.2) is 12.8 Å². The number of sulfone groups is 1. The van der Waals surface area contributed by atoms with E-state index in [-0.39, 0.29) is 29.8 Å². The third-order valence-electron chi connectivity index (χ3n) is 6.94. The van der Waals surface area contributed by atoms with Crippen LogP contribution in [0, 0.1) is 12.7 Å². The van der Waals surface area contributed by atoms with Gasteiger partial charge in [-0.2, -0.15) is 26.3 Å². The zero-order valence-electron chi connectivity index (χ0n) is 22.1. The molecule has 0 bridgehead atoms. The molecule has 16 heteroatoms. The maximum Gasteiger partial charge on any atom is 0.435 e. The van der Waals surface area contributed by atoms with Gasteiger partial charge in [-0.05, 0) is 49.6 Å². The number of hydrogen-bond donors (Lipinski definition) is 1. The van der Waals surface area contributed by atoms with E-state index in [0.29, 0.717) is 0 Å². The van der Waals surface area contributed by atoms with E-state index in [1.165, 1.54) is 18.2 Å². The molecule has 1 aliphatic carbocycles. The summed E-state index contributed by atoms with van der Waals surface area (Å²) < 4.78 is 132. The lowest BCUT2D eigenvalue weighted by atomic mass is 9.63. The van der Waals surface area contributed by atoms with Gasteiger partial charge >= 0.3 is 12.4 Å². The van der Waals surface area contributed by atoms with Gasteiger partial charge < -0.3 is 14.8 Å². The molecule has 8 nitrogen and oxygen atoms in total. The van der Waals surface area contributed by atoms with Gasteiger partial charge in [-0.1, -0.05) is 18.6 Å². The highest BCUT2D eigenvalue weighted by Gasteiger charge is 2.60. The zero-order valence-corrected chi connectivity index (χ0v) is 22.9. The van der Waals surface area contributed by atoms with Gasteiger partial charge in [0, 0.05) is 17.5 Å². The highest BCUT2D eigenvalue weighted by Crippen LogP contribution is 2.56. The smallest absolute Gasteiger partial charge is 0.435 e. The Labute approximate surface area is 234 Å². The number of nitrogens with zero attached hydrogens (tertiary/aromatic N) is 2. The first-order valence-electron chi connectivity index (χ1n) is 12.1. The second-order valence-corrected chi connectivity index (χ2v) is 11.6. The molecule has 1 heterocycles. The second-order valence-electron chi connectivity index (χ2n) is 9.60. The lowest BCUT2D eigenvalue weighted by Gasteiger charge is -2.43. The fraction of sp³-hybridized carbons (Fsp3) is 0.346. The molecular formula is C26H22F7N3O5S. The Kier molecular flexibility index (Phi) is 7.90. The monoisotopic (exact) mass is 621 g/mol. The molecule has 1 fully saturated rings. The van der Waals surface area contributed by atoms with E-state index in [0.717, 1.165) is 38.5 Å². The van der Waals surface area contributed by atoms with Crippen molar-refractivity contribution in [1.82, 2.24) is 10.2 Å². The van der Waals surface area contributed by atoms with Gasteiger partial charge in [-0.3, -0.25) is 4.79 Å². The average Bonchev–Trinajstić information content (AvgIpc) is 2.83. The van der Waals surface area contributed by atoms with Crippen LogP contribution in [0.3, 0.4) is 0 Å². The summed E-state index contributed by atoms with van der Waals surface area (Å²) in [4.78, 5) is 13.1. The van der Waals surface area contributed by atoms with Gasteiger partial charge in [0.15, 0.2) is 32.8 Å². The predicted molar refractivity (Wildman–Crippen MR) is 134 cm³/mol. The Bertz CT molecular complexity index is 1650. The van der Waals surface area contributed by atoms with Crippen LogP contribution in [0.5, 0.6) is 17.4 Å². The molecule has 0 saturated heterocycles. The number of carbonyl (C=O) groups is 1. The van der Waals surface area contributed by atoms with Crippen molar-refractivity contribution >= 4 is 21.4 Å². The van der Waals surface area contributed by atoms with Gasteiger partial charge in [0.25, 0.3) is 11.8 Å². The van der Waals surface area contributed by atoms with E-state index < -0.39 is 79.1 Å². The van der Waals surface area contributed by atoms with Crippen molar-refractivity contribution in [3.05, 3.63) is 64.6 Å². The first-order valence-corrected chi connectivity index (χ1v) is 14.0. The summed E-state index contributed by atoms with van der Waals surface area (Å²) in [5.74, 6) is -4.86. The molecular weight excluding hydrogens is 599 g/mol. The van der Waals surface area contributed by atoms with Crippen LogP contribution in [-0.4, -0.2) is 44.1 Å². The second kappa shape index (κ2) is 10.7. The summed E-state index contributed by atoms with van der Waals surface area (Å²) in [7, 11) is -2.76. The molecule has 1 saturated carbocycles. The van der Waals surface area contributed by atoms with E-state index in [4.69, 9.17) is 9.47 Å². The van der Waals surface area contributed by atoms with E-state index in [1.54, 1.807) is 0 Å². The third kappa shape index (κ3) is 5.58. The maximum atomic E-state index is 15.4. The van der Waals surface area contributed by atoms with Crippen LogP contribution in [0.2, 0.25) is 0 Å². The van der Waals surface area contributed by atoms with Crippen LogP contribution >= 0.6 is 0 Å². The Hall–Kier alpha value is -3.95. The quantitative estimate of drug-likeness (QED) is 0.305. The van der Waals surface area contributed by atoms with Crippen LogP contribution in [0.1, 0.15) is 46.4 Å². The van der Waals surface area contributed by atoms with Gasteiger partial charge in [0.2, 0.25) is 0 Å². The topological polar surface area (TPSA) is 107 Å². The van der Waals surface area contributed by atoms with Gasteiger partial charge in [-0.15, -0.1) is 10.2 Å². The van der Waals surface area contributed by atoms with Crippen molar-refractivity contribution in [2.75, 3.05) is 18.7 Å². The van der Waals surface area contributed by atoms with Gasteiger partial charge in [0.1, 0.15) is 5.56 Å². The number of rotatable bonds is 7. The summed E-state index contributed by atoms with van der Waals surface area (Å²) in [5.41, 5.74) is -6.34. The number of anilines is 1. The lowest BCUT2D eigenvalue weighted by Crippen LogP contribution is -2.48. The minimum absolute atomic E-state index is 0.107. The number of alkyl halides is 6. The highest BCUT2D eigenvalue weighted by atomic mass is 32.2. The lowest BCUT2D eigenvalue weighted by molar-refractivity contribution is -0.213. The van der Waals surface area contributed by atoms with Crippen LogP contribution in [0.25, 0.3) is 0 Å². The van der Waals surface area contributed by atoms with Crippen LogP contribution < -0.4 is 14.8 Å². The predicted octanol–water partition coefficient (Wildman–Crippen LogP) is 6.38. The molecule has 2 aromatic carbocycles. The molecule has 3 aromatic rings. The Balaban J connectivity index is 1.80. The van der Waals surface area contributed by atoms with Crippen LogP contribution in [0.4, 0.5) is 36.4 Å². The fourth-order valence-corrected chi connectivity index (χ4v) is 5.29. The summed E-state index contributed by atoms with van der Waals surface area (Å²) in [6.45, 7) is 0.900. The molecule has 4 rings (SSSR count). The number of amides is 1. The molecule has 1 N–H and O–H groups in total. The first kappa shape index (κ1) is 31.0. The number of nitrogens with one attached hydrogen (secondary N) is 1. The molecule has 0 atom stereocenters. The van der Waals surface area contributed by atoms with Crippen molar-refractivity contribution in [2.24, 2.45) is 0 Å². The van der Waals surface area contributed by atoms with Gasteiger partial charge in [0.05, 0.1) is 17.4 Å². The maximum absolute atomic E-state index is 15.4. The summed E-state index contributed by atoms with van der Waals surface area (Å²) in [5, 5.41) is 8.71. The molecule has 1 aromatic heterocycles. The number of halogens is 7. The van der Waals surface area contributed by atoms with Crippen molar-refractivity contribution in [1.29, 1.82) is 0 Å². The van der Waals surface area contributed by atoms with Crippen LogP contribution in [-0.2, 0) is 21.4 Å². The normalized spacial score (nSPS) is 15.1. The number of aromatic nitrogens is 2. The first-order chi connectivity index (χ1) is 19.4. The number of ether oxygens (including phenoxy) is 2. The Morgan fingerprint density at radius 3 is 2.24 bits per heavy atom. The fourth-order valence-electron chi connectivity index (χ4n) is 4.62. The molecule has 1 aliphatic rings. The van der Waals surface area contributed by atoms with Crippen LogP contribution in [0.15, 0.2) is 41.3 Å². The van der Waals surface area contributed by atoms with Crippen molar-refractivity contribution in [3.8, 4) is 17.4 Å².